The highest BCUT2D eigenvalue weighted by Gasteiger charge is 2.32. The van der Waals surface area contributed by atoms with E-state index in [1.165, 1.54) is 4.31 Å². The second-order valence-electron chi connectivity index (χ2n) is 11.5. The molecule has 45 heavy (non-hydrogen) atoms. The van der Waals surface area contributed by atoms with Crippen LogP contribution in [0.3, 0.4) is 0 Å². The van der Waals surface area contributed by atoms with Crippen molar-refractivity contribution in [2.75, 3.05) is 24.2 Å². The van der Waals surface area contributed by atoms with Crippen LogP contribution in [0.2, 0.25) is 10.0 Å². The average Bonchev–Trinajstić information content (AvgIpc) is 3.03. The number of sulfonamides is 1. The number of benzene rings is 3. The van der Waals surface area contributed by atoms with Crippen LogP contribution in [-0.4, -0.2) is 57.1 Å². The molecule has 0 heterocycles. The minimum Gasteiger partial charge on any atom is -0.497 e. The molecule has 0 radical (unpaired) electrons. The van der Waals surface area contributed by atoms with Gasteiger partial charge in [0.2, 0.25) is 21.8 Å². The molecule has 0 saturated heterocycles. The van der Waals surface area contributed by atoms with Gasteiger partial charge in [-0.05, 0) is 66.8 Å². The van der Waals surface area contributed by atoms with Crippen LogP contribution in [0.15, 0.2) is 72.8 Å². The molecule has 4 rings (SSSR count). The fraction of sp³-hybridized carbons (Fsp3) is 0.412. The lowest BCUT2D eigenvalue weighted by Gasteiger charge is -2.34. The van der Waals surface area contributed by atoms with Crippen molar-refractivity contribution in [1.82, 2.24) is 10.2 Å². The maximum atomic E-state index is 14.1. The Morgan fingerprint density at radius 2 is 1.62 bits per heavy atom. The molecule has 1 fully saturated rings. The summed E-state index contributed by atoms with van der Waals surface area (Å²) in [5.74, 6) is 0.149. The molecule has 3 aromatic carbocycles. The van der Waals surface area contributed by atoms with Gasteiger partial charge in [-0.25, -0.2) is 8.42 Å². The monoisotopic (exact) mass is 673 g/mol. The fourth-order valence-corrected chi connectivity index (χ4v) is 6.97. The zero-order valence-corrected chi connectivity index (χ0v) is 28.1. The average molecular weight is 675 g/mol. The molecule has 1 aliphatic rings. The van der Waals surface area contributed by atoms with Crippen LogP contribution in [0, 0.1) is 0 Å². The number of carbonyl (C=O) groups excluding carboxylic acids is 2. The van der Waals surface area contributed by atoms with Crippen molar-refractivity contribution < 1.29 is 22.7 Å². The van der Waals surface area contributed by atoms with Crippen molar-refractivity contribution in [3.05, 3.63) is 94.0 Å². The molecule has 1 aliphatic carbocycles. The highest BCUT2D eigenvalue weighted by molar-refractivity contribution is 7.92. The Balaban J connectivity index is 1.60. The molecule has 0 aromatic heterocycles. The Morgan fingerprint density at radius 1 is 0.933 bits per heavy atom. The van der Waals surface area contributed by atoms with Gasteiger partial charge in [-0.1, -0.05) is 78.9 Å². The Kier molecular flexibility index (Phi) is 12.6. The maximum absolute atomic E-state index is 14.1. The van der Waals surface area contributed by atoms with Gasteiger partial charge in [-0.2, -0.15) is 0 Å². The minimum atomic E-state index is -3.62. The van der Waals surface area contributed by atoms with Gasteiger partial charge in [0.15, 0.2) is 0 Å². The van der Waals surface area contributed by atoms with Gasteiger partial charge in [0.25, 0.3) is 0 Å². The third kappa shape index (κ3) is 10.1. The number of hydrogen-bond donors (Lipinski definition) is 1. The normalized spacial score (nSPS) is 14.4. The van der Waals surface area contributed by atoms with E-state index in [-0.39, 0.29) is 43.8 Å². The molecule has 0 spiro atoms. The smallest absolute Gasteiger partial charge is 0.243 e. The van der Waals surface area contributed by atoms with Gasteiger partial charge in [0, 0.05) is 32.0 Å². The molecule has 0 bridgehead atoms. The second kappa shape index (κ2) is 16.3. The van der Waals surface area contributed by atoms with E-state index in [9.17, 15) is 18.0 Å². The summed E-state index contributed by atoms with van der Waals surface area (Å²) in [4.78, 5) is 29.7. The molecule has 1 N–H and O–H groups in total. The Bertz CT molecular complexity index is 1530. The van der Waals surface area contributed by atoms with Crippen molar-refractivity contribution in [3.63, 3.8) is 0 Å². The molecule has 8 nitrogen and oxygen atoms in total. The van der Waals surface area contributed by atoms with Gasteiger partial charge in [0.05, 0.1) is 29.1 Å². The first-order valence-electron chi connectivity index (χ1n) is 15.2. The Labute approximate surface area is 276 Å². The molecular formula is C34H41Cl2N3O5S. The van der Waals surface area contributed by atoms with Crippen LogP contribution in [0.25, 0.3) is 0 Å². The number of amides is 2. The highest BCUT2D eigenvalue weighted by Crippen LogP contribution is 2.26. The lowest BCUT2D eigenvalue weighted by Crippen LogP contribution is -2.52. The van der Waals surface area contributed by atoms with Gasteiger partial charge in [0.1, 0.15) is 11.8 Å². The van der Waals surface area contributed by atoms with E-state index in [1.807, 2.05) is 30.3 Å². The van der Waals surface area contributed by atoms with Crippen LogP contribution in [0.4, 0.5) is 5.69 Å². The summed E-state index contributed by atoms with van der Waals surface area (Å²) in [6.07, 6.45) is 6.85. The van der Waals surface area contributed by atoms with Crippen LogP contribution >= 0.6 is 23.2 Å². The zero-order valence-electron chi connectivity index (χ0n) is 25.8. The third-order valence-corrected chi connectivity index (χ3v) is 10.0. The first-order chi connectivity index (χ1) is 21.5. The first-order valence-corrected chi connectivity index (χ1v) is 17.8. The van der Waals surface area contributed by atoms with Crippen molar-refractivity contribution in [3.8, 4) is 5.75 Å². The lowest BCUT2D eigenvalue weighted by molar-refractivity contribution is -0.141. The number of methoxy groups -OCH3 is 1. The van der Waals surface area contributed by atoms with Crippen molar-refractivity contribution >= 4 is 50.7 Å². The number of rotatable bonds is 14. The van der Waals surface area contributed by atoms with Gasteiger partial charge >= 0.3 is 0 Å². The molecule has 2 amide bonds. The molecule has 1 atom stereocenters. The number of ether oxygens (including phenoxy) is 1. The molecule has 0 unspecified atom stereocenters. The van der Waals surface area contributed by atoms with E-state index >= 15 is 0 Å². The maximum Gasteiger partial charge on any atom is 0.243 e. The Morgan fingerprint density at radius 3 is 2.24 bits per heavy atom. The summed E-state index contributed by atoms with van der Waals surface area (Å²) in [5.41, 5.74) is 2.14. The van der Waals surface area contributed by atoms with Crippen molar-refractivity contribution in [2.45, 2.75) is 70.0 Å². The van der Waals surface area contributed by atoms with Crippen LogP contribution in [0.5, 0.6) is 5.75 Å². The number of hydrogen-bond acceptors (Lipinski definition) is 5. The van der Waals surface area contributed by atoms with E-state index in [4.69, 9.17) is 27.9 Å². The van der Waals surface area contributed by atoms with Crippen LogP contribution < -0.4 is 14.4 Å². The summed E-state index contributed by atoms with van der Waals surface area (Å²) in [7, 11) is -2.08. The number of nitrogens with one attached hydrogen (secondary N) is 1. The molecule has 1 saturated carbocycles. The lowest BCUT2D eigenvalue weighted by atomic mass is 9.94. The van der Waals surface area contributed by atoms with Crippen molar-refractivity contribution in [1.29, 1.82) is 0 Å². The predicted molar refractivity (Wildman–Crippen MR) is 180 cm³/mol. The predicted octanol–water partition coefficient (Wildman–Crippen LogP) is 6.64. The van der Waals surface area contributed by atoms with E-state index < -0.39 is 16.1 Å². The topological polar surface area (TPSA) is 96.0 Å². The SMILES string of the molecule is COc1ccc(N(CCCC(=O)N(Cc2ccc(Cl)c(Cl)c2)[C@H](Cc2ccccc2)C(=O)NC2CCCCC2)S(C)(=O)=O)cc1. The zero-order chi connectivity index (χ0) is 32.4. The number of nitrogens with zero attached hydrogens (tertiary/aromatic N) is 2. The van der Waals surface area contributed by atoms with Crippen LogP contribution in [0.1, 0.15) is 56.1 Å². The highest BCUT2D eigenvalue weighted by atomic mass is 35.5. The van der Waals surface area contributed by atoms with Gasteiger partial charge in [-0.15, -0.1) is 0 Å². The van der Waals surface area contributed by atoms with E-state index in [1.54, 1.807) is 54.5 Å². The minimum absolute atomic E-state index is 0.0332. The number of halogens is 2. The summed E-state index contributed by atoms with van der Waals surface area (Å²) in [5, 5.41) is 3.98. The number of carbonyl (C=O) groups is 2. The number of anilines is 1. The molecule has 242 valence electrons. The molecule has 11 heteroatoms. The van der Waals surface area contributed by atoms with E-state index in [2.05, 4.69) is 5.32 Å². The van der Waals surface area contributed by atoms with E-state index in [0.29, 0.717) is 27.9 Å². The summed E-state index contributed by atoms with van der Waals surface area (Å²) < 4.78 is 31.9. The quantitative estimate of drug-likeness (QED) is 0.207. The van der Waals surface area contributed by atoms with Crippen LogP contribution in [-0.2, 0) is 32.6 Å². The Hall–Kier alpha value is -3.27. The summed E-state index contributed by atoms with van der Waals surface area (Å²) >= 11 is 12.5. The summed E-state index contributed by atoms with van der Waals surface area (Å²) in [6.45, 7) is 0.231. The third-order valence-electron chi connectivity index (χ3n) is 8.07. The largest absolute Gasteiger partial charge is 0.497 e. The fourth-order valence-electron chi connectivity index (χ4n) is 5.69. The first kappa shape index (κ1) is 34.6. The molecule has 3 aromatic rings. The second-order valence-corrected chi connectivity index (χ2v) is 14.2. The molecule has 0 aliphatic heterocycles. The van der Waals surface area contributed by atoms with Gasteiger partial charge < -0.3 is 15.0 Å². The van der Waals surface area contributed by atoms with E-state index in [0.717, 1.165) is 49.5 Å². The summed E-state index contributed by atoms with van der Waals surface area (Å²) in [6, 6.07) is 20.8. The van der Waals surface area contributed by atoms with Crippen molar-refractivity contribution in [2.24, 2.45) is 0 Å². The molecular weight excluding hydrogens is 633 g/mol. The van der Waals surface area contributed by atoms with Gasteiger partial charge in [-0.3, -0.25) is 13.9 Å². The standard InChI is InChI=1S/C34H41Cl2N3O5S/c1-44-29-18-16-28(17-19-29)39(45(2,42)43)21-9-14-33(40)38(24-26-15-20-30(35)31(36)22-26)32(23-25-10-5-3-6-11-25)34(41)37-27-12-7-4-8-13-27/h3,5-6,10-11,15-20,22,27,32H,4,7-9,12-14,21,23-24H2,1-2H3,(H,37,41)/t32-/m1/s1.